The van der Waals surface area contributed by atoms with E-state index in [0.29, 0.717) is 46.7 Å². The van der Waals surface area contributed by atoms with Gasteiger partial charge in [0.05, 0.1) is 27.4 Å². The third-order valence-corrected chi connectivity index (χ3v) is 6.62. The van der Waals surface area contributed by atoms with Crippen LogP contribution in [-0.4, -0.2) is 33.0 Å². The summed E-state index contributed by atoms with van der Waals surface area (Å²) in [5, 5.41) is 7.29. The molecule has 0 spiro atoms. The van der Waals surface area contributed by atoms with Crippen LogP contribution in [0.4, 0.5) is 35.3 Å². The molecular weight excluding hydrogens is 559 g/mol. The molecule has 0 aliphatic carbocycles. The number of urea groups is 1. The summed E-state index contributed by atoms with van der Waals surface area (Å²) >= 11 is 5.64. The number of fused-ring (bicyclic) bond motifs is 1. The lowest BCUT2D eigenvalue weighted by Gasteiger charge is -2.14. The van der Waals surface area contributed by atoms with E-state index >= 15 is 0 Å². The number of rotatable bonds is 3. The Kier molecular flexibility index (Phi) is 7.30. The molecule has 9 nitrogen and oxygen atoms in total. The topological polar surface area (TPSA) is 127 Å². The molecule has 2 aromatic carbocycles. The Morgan fingerprint density at radius 3 is 2.61 bits per heavy atom. The van der Waals surface area contributed by atoms with Crippen molar-refractivity contribution in [2.75, 3.05) is 22.9 Å². The molecule has 0 saturated heterocycles. The molecule has 13 heteroatoms. The molecule has 1 aliphatic rings. The first-order valence-electron chi connectivity index (χ1n) is 12.2. The van der Waals surface area contributed by atoms with Crippen LogP contribution in [-0.2, 0) is 19.6 Å². The number of benzene rings is 2. The average Bonchev–Trinajstić information content (AvgIpc) is 3.26. The zero-order valence-electron chi connectivity index (χ0n) is 21.4. The molecule has 0 bridgehead atoms. The van der Waals surface area contributed by atoms with Crippen LogP contribution >= 0.6 is 11.6 Å². The Labute approximate surface area is 236 Å². The molecule has 3 amide bonds. The largest absolute Gasteiger partial charge is 0.417 e. The van der Waals surface area contributed by atoms with Crippen LogP contribution in [0.5, 0.6) is 0 Å². The van der Waals surface area contributed by atoms with Crippen molar-refractivity contribution in [3.05, 3.63) is 87.7 Å². The van der Waals surface area contributed by atoms with Gasteiger partial charge in [-0.2, -0.15) is 13.2 Å². The quantitative estimate of drug-likeness (QED) is 0.252. The average molecular weight is 580 g/mol. The summed E-state index contributed by atoms with van der Waals surface area (Å²) in [5.41, 5.74) is 8.65. The predicted octanol–water partition coefficient (Wildman–Crippen LogP) is 5.07. The maximum absolute atomic E-state index is 13.1. The Bertz CT molecular complexity index is 1760. The molecular formula is C28H21ClF3N7O2. The standard InChI is InChI=1S/C28H21ClF3N7O2/c1-39-22-9-10-34-25(40)19(22)13-23(39)24-16(14-35-26(33)38-24)6-5-15-3-2-4-17(11-15)36-27(41)37-18-7-8-21(29)20(12-18)28(30,31)32/h2-4,7-8,11-14H,9-10H2,1H3,(H,34,40)(H2,33,35,38)(H2,36,37,41). The number of hydrogen-bond donors (Lipinski definition) is 4. The summed E-state index contributed by atoms with van der Waals surface area (Å²) in [7, 11) is 1.84. The highest BCUT2D eigenvalue weighted by Crippen LogP contribution is 2.36. The first-order valence-corrected chi connectivity index (χ1v) is 12.5. The van der Waals surface area contributed by atoms with E-state index in [1.165, 1.54) is 12.3 Å². The third-order valence-electron chi connectivity index (χ3n) is 6.29. The SMILES string of the molecule is Cn1c(-c2nc(N)ncc2C#Cc2cccc(NC(=O)Nc3ccc(Cl)c(C(F)(F)F)c3)c2)cc2c1CCNC2=O. The first-order chi connectivity index (χ1) is 19.5. The number of hydrogen-bond acceptors (Lipinski definition) is 5. The second-order valence-corrected chi connectivity index (χ2v) is 9.45. The predicted molar refractivity (Wildman–Crippen MR) is 148 cm³/mol. The van der Waals surface area contributed by atoms with E-state index in [1.54, 1.807) is 30.3 Å². The number of carbonyl (C=O) groups is 2. The third kappa shape index (κ3) is 5.95. The van der Waals surface area contributed by atoms with Gasteiger partial charge in [0.2, 0.25) is 5.95 Å². The highest BCUT2D eigenvalue weighted by Gasteiger charge is 2.33. The van der Waals surface area contributed by atoms with Gasteiger partial charge < -0.3 is 26.3 Å². The molecule has 0 fully saturated rings. The van der Waals surface area contributed by atoms with E-state index in [9.17, 15) is 22.8 Å². The Balaban J connectivity index is 1.37. The van der Waals surface area contributed by atoms with Gasteiger partial charge in [-0.15, -0.1) is 0 Å². The van der Waals surface area contributed by atoms with Gasteiger partial charge in [-0.1, -0.05) is 29.5 Å². The van der Waals surface area contributed by atoms with Crippen molar-refractivity contribution in [3.8, 4) is 23.2 Å². The summed E-state index contributed by atoms with van der Waals surface area (Å²) < 4.78 is 41.3. The van der Waals surface area contributed by atoms with E-state index < -0.39 is 22.8 Å². The van der Waals surface area contributed by atoms with E-state index in [0.717, 1.165) is 17.8 Å². The van der Waals surface area contributed by atoms with Crippen LogP contribution < -0.4 is 21.7 Å². The molecule has 208 valence electrons. The van der Waals surface area contributed by atoms with Gasteiger partial charge in [-0.25, -0.2) is 14.8 Å². The Morgan fingerprint density at radius 1 is 1.12 bits per heavy atom. The van der Waals surface area contributed by atoms with E-state index in [4.69, 9.17) is 17.3 Å². The smallest absolute Gasteiger partial charge is 0.368 e. The maximum Gasteiger partial charge on any atom is 0.417 e. The van der Waals surface area contributed by atoms with Crippen molar-refractivity contribution >= 4 is 40.9 Å². The van der Waals surface area contributed by atoms with Crippen LogP contribution in [0, 0.1) is 11.8 Å². The van der Waals surface area contributed by atoms with Crippen molar-refractivity contribution in [2.24, 2.45) is 7.05 Å². The number of nitrogens with one attached hydrogen (secondary N) is 3. The van der Waals surface area contributed by atoms with Gasteiger partial charge in [0.15, 0.2) is 0 Å². The second kappa shape index (κ2) is 10.9. The Hall–Kier alpha value is -5.02. The number of aromatic nitrogens is 3. The van der Waals surface area contributed by atoms with Crippen molar-refractivity contribution in [3.63, 3.8) is 0 Å². The number of alkyl halides is 3. The summed E-state index contributed by atoms with van der Waals surface area (Å²) in [4.78, 5) is 33.2. The lowest BCUT2D eigenvalue weighted by Crippen LogP contribution is -2.31. The van der Waals surface area contributed by atoms with E-state index in [-0.39, 0.29) is 17.5 Å². The van der Waals surface area contributed by atoms with Gasteiger partial charge in [0, 0.05) is 48.8 Å². The molecule has 41 heavy (non-hydrogen) atoms. The number of nitrogens with two attached hydrogens (primary N) is 1. The maximum atomic E-state index is 13.1. The van der Waals surface area contributed by atoms with Crippen LogP contribution in [0.2, 0.25) is 5.02 Å². The van der Waals surface area contributed by atoms with Crippen LogP contribution in [0.15, 0.2) is 54.7 Å². The molecule has 3 heterocycles. The lowest BCUT2D eigenvalue weighted by molar-refractivity contribution is -0.137. The zero-order chi connectivity index (χ0) is 29.3. The summed E-state index contributed by atoms with van der Waals surface area (Å²) in [6.07, 6.45) is -2.50. The fourth-order valence-corrected chi connectivity index (χ4v) is 4.59. The number of amides is 3. The van der Waals surface area contributed by atoms with Gasteiger partial charge >= 0.3 is 12.2 Å². The first kappa shape index (κ1) is 27.5. The van der Waals surface area contributed by atoms with Crippen molar-refractivity contribution in [2.45, 2.75) is 12.6 Å². The molecule has 1 aliphatic heterocycles. The van der Waals surface area contributed by atoms with Crippen LogP contribution in [0.3, 0.4) is 0 Å². The minimum Gasteiger partial charge on any atom is -0.368 e. The second-order valence-electron chi connectivity index (χ2n) is 9.05. The van der Waals surface area contributed by atoms with E-state index in [2.05, 4.69) is 37.8 Å². The highest BCUT2D eigenvalue weighted by molar-refractivity contribution is 6.31. The molecule has 2 aromatic heterocycles. The van der Waals surface area contributed by atoms with Crippen molar-refractivity contribution < 1.29 is 22.8 Å². The zero-order valence-corrected chi connectivity index (χ0v) is 22.1. The molecule has 0 atom stereocenters. The van der Waals surface area contributed by atoms with Gasteiger partial charge in [0.1, 0.15) is 5.69 Å². The number of carbonyl (C=O) groups excluding carboxylic acids is 2. The normalized spacial score (nSPS) is 12.6. The molecule has 0 saturated carbocycles. The van der Waals surface area contributed by atoms with Crippen molar-refractivity contribution in [1.82, 2.24) is 19.9 Å². The van der Waals surface area contributed by atoms with Gasteiger partial charge in [-0.3, -0.25) is 4.79 Å². The summed E-state index contributed by atoms with van der Waals surface area (Å²) in [6.45, 7) is 0.540. The van der Waals surface area contributed by atoms with Crippen LogP contribution in [0.1, 0.15) is 32.7 Å². The monoisotopic (exact) mass is 579 g/mol. The van der Waals surface area contributed by atoms with Gasteiger partial charge in [0.25, 0.3) is 5.91 Å². The lowest BCUT2D eigenvalue weighted by atomic mass is 10.1. The van der Waals surface area contributed by atoms with E-state index in [1.807, 2.05) is 11.6 Å². The summed E-state index contributed by atoms with van der Waals surface area (Å²) in [5.74, 6) is 5.92. The minimum atomic E-state index is -4.66. The van der Waals surface area contributed by atoms with Crippen LogP contribution in [0.25, 0.3) is 11.4 Å². The molecule has 5 rings (SSSR count). The van der Waals surface area contributed by atoms with Crippen molar-refractivity contribution in [1.29, 1.82) is 0 Å². The number of nitrogens with zero attached hydrogens (tertiary/aromatic N) is 3. The molecule has 0 unspecified atom stereocenters. The number of halogens is 4. The number of anilines is 3. The molecule has 0 radical (unpaired) electrons. The van der Waals surface area contributed by atoms with Gasteiger partial charge in [-0.05, 0) is 42.5 Å². The summed E-state index contributed by atoms with van der Waals surface area (Å²) in [6, 6.07) is 10.7. The Morgan fingerprint density at radius 2 is 1.88 bits per heavy atom. The molecule has 5 N–H and O–H groups in total. The molecule has 4 aromatic rings. The minimum absolute atomic E-state index is 0.0504. The highest BCUT2D eigenvalue weighted by atomic mass is 35.5. The fraction of sp³-hybridized carbons (Fsp3) is 0.143. The number of nitrogen functional groups attached to an aromatic ring is 1. The fourth-order valence-electron chi connectivity index (χ4n) is 4.37.